The van der Waals surface area contributed by atoms with E-state index in [1.165, 1.54) is 37.7 Å². The highest BCUT2D eigenvalue weighted by molar-refractivity contribution is 5.90. The summed E-state index contributed by atoms with van der Waals surface area (Å²) in [4.78, 5) is 31.9. The summed E-state index contributed by atoms with van der Waals surface area (Å²) in [6.45, 7) is 7.06. The Morgan fingerprint density at radius 1 is 0.830 bits per heavy atom. The number of hydrogen-bond donors (Lipinski definition) is 3. The number of nitrogens with zero attached hydrogens (tertiary/aromatic N) is 2. The first-order valence-electron chi connectivity index (χ1n) is 17.5. The zero-order chi connectivity index (χ0) is 33.0. The topological polar surface area (TPSA) is 85.9 Å². The number of hydrogen-bond acceptors (Lipinski definition) is 4. The molecule has 1 saturated carbocycles. The van der Waals surface area contributed by atoms with E-state index >= 15 is 0 Å². The number of carbonyl (C=O) groups excluding carboxylic acids is 2. The molecule has 0 spiro atoms. The Hall–Kier alpha value is -4.04. The maximum Gasteiger partial charge on any atom is 0.322 e. The zero-order valence-corrected chi connectivity index (χ0v) is 28.5. The third-order valence-corrected chi connectivity index (χ3v) is 9.90. The molecule has 1 aliphatic carbocycles. The molecule has 252 valence electrons. The fourth-order valence-electron chi connectivity index (χ4n) is 7.07. The van der Waals surface area contributed by atoms with Crippen LogP contribution in [0.2, 0.25) is 0 Å². The molecule has 1 heterocycles. The summed E-state index contributed by atoms with van der Waals surface area (Å²) in [6.07, 6.45) is 10.1. The summed E-state index contributed by atoms with van der Waals surface area (Å²) in [5.41, 5.74) is 5.12. The van der Waals surface area contributed by atoms with Crippen LogP contribution < -0.4 is 20.7 Å². The summed E-state index contributed by atoms with van der Waals surface area (Å²) in [5, 5.41) is 9.32. The van der Waals surface area contributed by atoms with Crippen LogP contribution in [0.4, 0.5) is 21.0 Å². The molecule has 0 aromatic heterocycles. The molecule has 1 aliphatic heterocycles. The highest BCUT2D eigenvalue weighted by Gasteiger charge is 2.33. The number of anilines is 2. The number of nitrogens with one attached hydrogen (secondary N) is 3. The maximum absolute atomic E-state index is 14.2. The molecular formula is C39H53N5O3. The van der Waals surface area contributed by atoms with Gasteiger partial charge in [-0.1, -0.05) is 79.6 Å². The lowest BCUT2D eigenvalue weighted by molar-refractivity contribution is 0.133. The largest absolute Gasteiger partial charge is 0.497 e. The van der Waals surface area contributed by atoms with Crippen LogP contribution in [-0.2, 0) is 6.42 Å². The SMILES string of the molecule is COc1ccc(CCN2CCC[C@H]2CN(C(=O)Nc2ccc(C)cc2)[C@@H](CNC(=O)Nc2ccc(C)cc2)CC2CCCCC2)cc1. The van der Waals surface area contributed by atoms with E-state index in [-0.39, 0.29) is 24.1 Å². The van der Waals surface area contributed by atoms with Gasteiger partial charge in [0.25, 0.3) is 0 Å². The summed E-state index contributed by atoms with van der Waals surface area (Å²) < 4.78 is 5.34. The molecule has 0 bridgehead atoms. The highest BCUT2D eigenvalue weighted by Crippen LogP contribution is 2.30. The zero-order valence-electron chi connectivity index (χ0n) is 28.5. The maximum atomic E-state index is 14.2. The average Bonchev–Trinajstić information content (AvgIpc) is 3.54. The minimum atomic E-state index is -0.247. The van der Waals surface area contributed by atoms with Crippen molar-refractivity contribution in [2.75, 3.05) is 43.9 Å². The van der Waals surface area contributed by atoms with Gasteiger partial charge in [0.15, 0.2) is 0 Å². The van der Waals surface area contributed by atoms with Gasteiger partial charge in [0.1, 0.15) is 5.75 Å². The molecule has 2 atom stereocenters. The number of urea groups is 2. The van der Waals surface area contributed by atoms with Crippen LogP contribution in [0.15, 0.2) is 72.8 Å². The van der Waals surface area contributed by atoms with Gasteiger partial charge < -0.3 is 25.6 Å². The molecule has 2 aliphatic rings. The van der Waals surface area contributed by atoms with Crippen LogP contribution in [-0.4, -0.2) is 67.2 Å². The van der Waals surface area contributed by atoms with Crippen molar-refractivity contribution in [2.45, 2.75) is 83.7 Å². The molecule has 47 heavy (non-hydrogen) atoms. The van der Waals surface area contributed by atoms with Gasteiger partial charge >= 0.3 is 12.1 Å². The number of benzene rings is 3. The van der Waals surface area contributed by atoms with Crippen molar-refractivity contribution >= 4 is 23.4 Å². The van der Waals surface area contributed by atoms with Gasteiger partial charge in [0.05, 0.1) is 13.2 Å². The second kappa shape index (κ2) is 17.2. The molecule has 8 nitrogen and oxygen atoms in total. The molecule has 3 N–H and O–H groups in total. The van der Waals surface area contributed by atoms with Crippen molar-refractivity contribution in [3.8, 4) is 5.75 Å². The second-order valence-electron chi connectivity index (χ2n) is 13.5. The number of amides is 4. The molecular weight excluding hydrogens is 586 g/mol. The molecule has 2 fully saturated rings. The Balaban J connectivity index is 1.33. The van der Waals surface area contributed by atoms with Crippen LogP contribution >= 0.6 is 0 Å². The van der Waals surface area contributed by atoms with E-state index < -0.39 is 0 Å². The van der Waals surface area contributed by atoms with Gasteiger partial charge in [-0.05, 0) is 94.0 Å². The Morgan fingerprint density at radius 2 is 1.47 bits per heavy atom. The molecule has 4 amide bonds. The van der Waals surface area contributed by atoms with E-state index in [4.69, 9.17) is 4.74 Å². The highest BCUT2D eigenvalue weighted by atomic mass is 16.5. The molecule has 8 heteroatoms. The number of ether oxygens (including phenoxy) is 1. The summed E-state index contributed by atoms with van der Waals surface area (Å²) in [7, 11) is 1.69. The van der Waals surface area contributed by atoms with Crippen LogP contribution in [0.5, 0.6) is 5.75 Å². The van der Waals surface area contributed by atoms with Crippen molar-refractivity contribution in [3.05, 3.63) is 89.5 Å². The summed E-state index contributed by atoms with van der Waals surface area (Å²) >= 11 is 0. The van der Waals surface area contributed by atoms with Gasteiger partial charge in [0.2, 0.25) is 0 Å². The van der Waals surface area contributed by atoms with Gasteiger partial charge in [-0.2, -0.15) is 0 Å². The lowest BCUT2D eigenvalue weighted by Gasteiger charge is -2.38. The minimum Gasteiger partial charge on any atom is -0.497 e. The Morgan fingerprint density at radius 3 is 2.11 bits per heavy atom. The molecule has 5 rings (SSSR count). The summed E-state index contributed by atoms with van der Waals surface area (Å²) in [5.74, 6) is 1.41. The van der Waals surface area contributed by atoms with Crippen LogP contribution in [0.1, 0.15) is 68.1 Å². The smallest absolute Gasteiger partial charge is 0.322 e. The predicted molar refractivity (Wildman–Crippen MR) is 191 cm³/mol. The Labute approximate surface area is 281 Å². The number of rotatable bonds is 13. The first-order valence-corrected chi connectivity index (χ1v) is 17.5. The van der Waals surface area contributed by atoms with E-state index in [9.17, 15) is 9.59 Å². The minimum absolute atomic E-state index is 0.0996. The van der Waals surface area contributed by atoms with Crippen LogP contribution in [0.25, 0.3) is 0 Å². The lowest BCUT2D eigenvalue weighted by atomic mass is 9.84. The van der Waals surface area contributed by atoms with Crippen LogP contribution in [0, 0.1) is 19.8 Å². The van der Waals surface area contributed by atoms with E-state index in [0.717, 1.165) is 67.0 Å². The first kappa shape index (κ1) is 34.3. The van der Waals surface area contributed by atoms with E-state index in [1.54, 1.807) is 7.11 Å². The molecule has 0 radical (unpaired) electrons. The fraction of sp³-hybridized carbons (Fsp3) is 0.487. The number of methoxy groups -OCH3 is 1. The van der Waals surface area contributed by atoms with Gasteiger partial charge in [-0.15, -0.1) is 0 Å². The lowest BCUT2D eigenvalue weighted by Crippen LogP contribution is -2.54. The number of likely N-dealkylation sites (tertiary alicyclic amines) is 1. The third kappa shape index (κ3) is 10.5. The van der Waals surface area contributed by atoms with E-state index in [2.05, 4.69) is 33.0 Å². The van der Waals surface area contributed by atoms with Crippen molar-refractivity contribution in [2.24, 2.45) is 5.92 Å². The van der Waals surface area contributed by atoms with Crippen molar-refractivity contribution in [1.82, 2.24) is 15.1 Å². The number of carbonyl (C=O) groups is 2. The molecule has 3 aromatic carbocycles. The molecule has 1 saturated heterocycles. The van der Waals surface area contributed by atoms with Gasteiger partial charge in [0, 0.05) is 37.1 Å². The van der Waals surface area contributed by atoms with E-state index in [1.807, 2.05) is 79.4 Å². The monoisotopic (exact) mass is 639 g/mol. The summed E-state index contributed by atoms with van der Waals surface area (Å²) in [6, 6.07) is 23.9. The van der Waals surface area contributed by atoms with E-state index in [0.29, 0.717) is 19.0 Å². The fourth-order valence-corrected chi connectivity index (χ4v) is 7.07. The third-order valence-electron chi connectivity index (χ3n) is 9.90. The molecule has 0 unspecified atom stereocenters. The normalized spacial score (nSPS) is 17.6. The van der Waals surface area contributed by atoms with Crippen molar-refractivity contribution in [3.63, 3.8) is 0 Å². The Bertz CT molecular complexity index is 1400. The van der Waals surface area contributed by atoms with Crippen molar-refractivity contribution < 1.29 is 14.3 Å². The quantitative estimate of drug-likeness (QED) is 0.177. The molecule has 3 aromatic rings. The standard InChI is InChI=1S/C39H53N5O3/c1-29-11-17-33(18-12-29)41-38(45)40-27-36(26-32-8-5-4-6-9-32)44(39(46)42-34-19-13-30(2)14-20-34)28-35-10-7-24-43(35)25-23-31-15-21-37(47-3)22-16-31/h11-22,32,35-36H,4-10,23-28H2,1-3H3,(H,42,46)(H2,40,41,45)/t35-,36+/m0/s1. The average molecular weight is 640 g/mol. The van der Waals surface area contributed by atoms with Gasteiger partial charge in [-0.3, -0.25) is 4.90 Å². The number of aryl methyl sites for hydroxylation is 2. The second-order valence-corrected chi connectivity index (χ2v) is 13.5. The first-order chi connectivity index (χ1) is 22.9. The van der Waals surface area contributed by atoms with Gasteiger partial charge in [-0.25, -0.2) is 9.59 Å². The Kier molecular flexibility index (Phi) is 12.6. The van der Waals surface area contributed by atoms with Crippen LogP contribution in [0.3, 0.4) is 0 Å². The predicted octanol–water partition coefficient (Wildman–Crippen LogP) is 8.01. The van der Waals surface area contributed by atoms with Crippen molar-refractivity contribution in [1.29, 1.82) is 0 Å².